The molecule has 460 valence electrons. The number of halogens is 22. The Morgan fingerprint density at radius 1 is 0.372 bits per heavy atom. The highest BCUT2D eigenvalue weighted by Crippen LogP contribution is 2.43. The molecule has 0 aromatic rings. The number of unbranched alkanes of at least 4 members (excludes halogenated alkanes) is 2. The zero-order chi connectivity index (χ0) is 61.2. The molecule has 0 aliphatic heterocycles. The first-order valence-corrected chi connectivity index (χ1v) is 22.9. The Labute approximate surface area is 434 Å². The van der Waals surface area contributed by atoms with Crippen molar-refractivity contribution in [2.24, 2.45) is 10.8 Å². The van der Waals surface area contributed by atoms with Gasteiger partial charge in [0.15, 0.2) is 11.6 Å². The largest absolute Gasteiger partial charge is 0.483 e. The van der Waals surface area contributed by atoms with Crippen LogP contribution in [0.25, 0.3) is 0 Å². The van der Waals surface area contributed by atoms with Crippen molar-refractivity contribution in [2.45, 2.75) is 165 Å². The molecule has 0 aliphatic rings. The quantitative estimate of drug-likeness (QED) is 0.0332. The van der Waals surface area contributed by atoms with Crippen molar-refractivity contribution in [2.75, 3.05) is 52.9 Å². The third-order valence-corrected chi connectivity index (χ3v) is 10.1. The summed E-state index contributed by atoms with van der Waals surface area (Å²) in [6.45, 7) is 5.44. The van der Waals surface area contributed by atoms with Gasteiger partial charge in [-0.2, -0.15) is 96.6 Å². The third-order valence-electron chi connectivity index (χ3n) is 10.1. The van der Waals surface area contributed by atoms with Crippen LogP contribution in [0.5, 0.6) is 0 Å². The summed E-state index contributed by atoms with van der Waals surface area (Å²) in [5, 5.41) is 0. The molecule has 0 rings (SSSR count). The molecule has 0 radical (unpaired) electrons. The van der Waals surface area contributed by atoms with Crippen molar-refractivity contribution in [1.29, 1.82) is 0 Å². The van der Waals surface area contributed by atoms with Crippen molar-refractivity contribution >= 4 is 11.6 Å². The number of ether oxygens (including phenoxy) is 8. The first-order chi connectivity index (χ1) is 35.2. The Morgan fingerprint density at radius 3 is 0.885 bits per heavy atom. The lowest BCUT2D eigenvalue weighted by Crippen LogP contribution is -2.46. The van der Waals surface area contributed by atoms with Crippen LogP contribution in [-0.2, 0) is 47.5 Å². The molecular formula is C46H62F22O10. The molecule has 0 N–H and O–H groups in total. The number of carbonyl (C=O) groups excluding carboxylic acids is 2. The second-order valence-electron chi connectivity index (χ2n) is 17.7. The van der Waals surface area contributed by atoms with Gasteiger partial charge in [-0.15, -0.1) is 26.3 Å². The second kappa shape index (κ2) is 32.8. The maximum atomic E-state index is 13.3. The van der Waals surface area contributed by atoms with Crippen LogP contribution in [-0.4, -0.2) is 126 Å². The Bertz CT molecular complexity index is 1760. The van der Waals surface area contributed by atoms with Crippen LogP contribution >= 0.6 is 0 Å². The summed E-state index contributed by atoms with van der Waals surface area (Å²) in [4.78, 5) is 24.2. The molecule has 0 saturated heterocycles. The summed E-state index contributed by atoms with van der Waals surface area (Å²) >= 11 is 0. The van der Waals surface area contributed by atoms with Gasteiger partial charge in [0.1, 0.15) is 39.6 Å². The van der Waals surface area contributed by atoms with Gasteiger partial charge in [0.2, 0.25) is 0 Å². The molecule has 0 aromatic heterocycles. The van der Waals surface area contributed by atoms with E-state index >= 15 is 0 Å². The molecule has 78 heavy (non-hydrogen) atoms. The lowest BCUT2D eigenvalue weighted by atomic mass is 9.73. The molecule has 10 nitrogen and oxygen atoms in total. The summed E-state index contributed by atoms with van der Waals surface area (Å²) in [5.41, 5.74) is -1.25. The normalized spacial score (nSPS) is 13.9. The van der Waals surface area contributed by atoms with E-state index in [0.29, 0.717) is 44.9 Å². The van der Waals surface area contributed by atoms with E-state index in [1.54, 1.807) is 12.2 Å². The van der Waals surface area contributed by atoms with E-state index in [1.807, 2.05) is 0 Å². The van der Waals surface area contributed by atoms with Crippen molar-refractivity contribution in [3.05, 3.63) is 50.6 Å². The Hall–Kier alpha value is -3.56. The molecular weight excluding hydrogens is 1130 g/mol. The van der Waals surface area contributed by atoms with Gasteiger partial charge in [0.25, 0.3) is 0 Å². The van der Waals surface area contributed by atoms with Gasteiger partial charge in [0, 0.05) is 39.9 Å². The summed E-state index contributed by atoms with van der Waals surface area (Å²) in [6.07, 6.45) is -42.2. The van der Waals surface area contributed by atoms with E-state index in [9.17, 15) is 106 Å². The van der Waals surface area contributed by atoms with Crippen LogP contribution in [0.15, 0.2) is 50.6 Å². The molecule has 0 spiro atoms. The lowest BCUT2D eigenvalue weighted by molar-refractivity contribution is -0.460. The van der Waals surface area contributed by atoms with E-state index in [2.05, 4.69) is 59.5 Å². The minimum Gasteiger partial charge on any atom is -0.372 e. The molecule has 0 fully saturated rings. The molecule has 32 heteroatoms. The first kappa shape index (κ1) is 76.5. The fourth-order valence-corrected chi connectivity index (χ4v) is 6.90. The van der Waals surface area contributed by atoms with E-state index < -0.39 is 118 Å². The number of carbonyl (C=O) groups is 2. The molecule has 0 saturated carbocycles. The molecule has 0 bridgehead atoms. The van der Waals surface area contributed by atoms with Crippen LogP contribution in [0.1, 0.15) is 104 Å². The van der Waals surface area contributed by atoms with E-state index in [1.165, 1.54) is 12.2 Å². The van der Waals surface area contributed by atoms with Crippen LogP contribution in [0.4, 0.5) is 96.6 Å². The number of Topliss-reactive ketones (excluding diaryl/α,β-unsaturated/α-hetero) is 2. The monoisotopic (exact) mass is 1190 g/mol. The first-order valence-electron chi connectivity index (χ1n) is 22.9. The van der Waals surface area contributed by atoms with Gasteiger partial charge in [0.05, 0.1) is 0 Å². The number of hydrogen-bond acceptors (Lipinski definition) is 10. The zero-order valence-electron chi connectivity index (χ0n) is 42.1. The standard InChI is InChI=1S/C23H29F11O6.C23H33F11O4/c1-4-8-19(9-5-2,10-6-16(35)12-37-14-20(26,27)39-18(3,24)25)11-7-17(36)13-38-15-21(28,29)40-23(33,34)22(30,31)32;1-4-10-19(11-5-2,12-6-8-14-35-16-20(26,27)37-18(3,24)25)13-7-9-15-36-17-21(28,29)38-23(33,34)22(30,31)32/h4-5H,1-2,6-15H2,3H3;4-5H,1-2,6-17H2,3H3. The smallest absolute Gasteiger partial charge is 0.372 e. The van der Waals surface area contributed by atoms with E-state index in [-0.39, 0.29) is 77.4 Å². The maximum Gasteiger partial charge on any atom is 0.483 e. The van der Waals surface area contributed by atoms with Gasteiger partial charge in [-0.1, -0.05) is 37.1 Å². The number of alkyl halides is 22. The Balaban J connectivity index is 0. The average Bonchev–Trinajstić information content (AvgIpc) is 3.22. The van der Waals surface area contributed by atoms with Gasteiger partial charge < -0.3 is 18.9 Å². The highest BCUT2D eigenvalue weighted by Gasteiger charge is 2.65. The van der Waals surface area contributed by atoms with Gasteiger partial charge in [-0.25, -0.2) is 9.47 Å². The van der Waals surface area contributed by atoms with Crippen molar-refractivity contribution in [1.82, 2.24) is 0 Å². The van der Waals surface area contributed by atoms with Crippen LogP contribution in [0, 0.1) is 10.8 Å². The SMILES string of the molecule is C=CCC(CC=C)(CCC(=O)COCC(F)(F)OC(C)(F)F)CCC(=O)COCC(F)(F)OC(F)(F)C(F)(F)F.C=CCC(CC=C)(CCCCOCC(F)(F)OC(C)(F)F)CCCCOCC(F)(F)OC(F)(F)C(F)(F)F. The average molecular weight is 1190 g/mol. The lowest BCUT2D eigenvalue weighted by Gasteiger charge is -2.32. The minimum atomic E-state index is -6.41. The van der Waals surface area contributed by atoms with Gasteiger partial charge in [-0.05, 0) is 75.0 Å². The Morgan fingerprint density at radius 2 is 0.628 bits per heavy atom. The Kier molecular flexibility index (Phi) is 32.1. The third kappa shape index (κ3) is 35.2. The summed E-state index contributed by atoms with van der Waals surface area (Å²) in [5.74, 6) is -1.55. The predicted octanol–water partition coefficient (Wildman–Crippen LogP) is 15.3. The summed E-state index contributed by atoms with van der Waals surface area (Å²) < 4.78 is 309. The fraction of sp³-hybridized carbons (Fsp3) is 0.783. The molecule has 0 amide bonds. The highest BCUT2D eigenvalue weighted by atomic mass is 19.4. The van der Waals surface area contributed by atoms with Crippen molar-refractivity contribution in [3.8, 4) is 0 Å². The second-order valence-corrected chi connectivity index (χ2v) is 17.7. The maximum absolute atomic E-state index is 13.3. The highest BCUT2D eigenvalue weighted by molar-refractivity contribution is 5.80. The zero-order valence-corrected chi connectivity index (χ0v) is 42.1. The number of rotatable bonds is 44. The minimum absolute atomic E-state index is 0.0160. The molecule has 0 aromatic carbocycles. The van der Waals surface area contributed by atoms with Gasteiger partial charge in [-0.3, -0.25) is 19.1 Å². The molecule has 0 atom stereocenters. The van der Waals surface area contributed by atoms with Crippen LogP contribution < -0.4 is 0 Å². The van der Waals surface area contributed by atoms with Gasteiger partial charge >= 0.3 is 61.2 Å². The molecule has 0 heterocycles. The number of ketones is 2. The fourth-order valence-electron chi connectivity index (χ4n) is 6.90. The van der Waals surface area contributed by atoms with Crippen molar-refractivity contribution < 1.29 is 144 Å². The molecule has 0 unspecified atom stereocenters. The predicted molar refractivity (Wildman–Crippen MR) is 231 cm³/mol. The van der Waals surface area contributed by atoms with Crippen LogP contribution in [0.3, 0.4) is 0 Å². The topological polar surface area (TPSA) is 108 Å². The summed E-state index contributed by atoms with van der Waals surface area (Å²) in [6, 6.07) is 0. The number of hydrogen-bond donors (Lipinski definition) is 0. The van der Waals surface area contributed by atoms with Crippen LogP contribution in [0.2, 0.25) is 0 Å². The summed E-state index contributed by atoms with van der Waals surface area (Å²) in [7, 11) is 0. The molecule has 0 aliphatic carbocycles. The number of allylic oxidation sites excluding steroid dienone is 4. The van der Waals surface area contributed by atoms with E-state index in [0.717, 1.165) is 0 Å². The van der Waals surface area contributed by atoms with E-state index in [4.69, 9.17) is 4.74 Å². The van der Waals surface area contributed by atoms with Crippen molar-refractivity contribution in [3.63, 3.8) is 0 Å².